The van der Waals surface area contributed by atoms with Crippen molar-refractivity contribution in [1.29, 1.82) is 0 Å². The zero-order chi connectivity index (χ0) is 10.1. The molecule has 0 aliphatic rings. The first-order valence-corrected chi connectivity index (χ1v) is 5.49. The summed E-state index contributed by atoms with van der Waals surface area (Å²) in [5.41, 5.74) is 5.57. The molecule has 0 aromatic carbocycles. The van der Waals surface area contributed by atoms with Crippen LogP contribution in [0.4, 0.5) is 0 Å². The number of ketones is 1. The van der Waals surface area contributed by atoms with E-state index in [0.717, 1.165) is 38.5 Å². The van der Waals surface area contributed by atoms with Gasteiger partial charge in [0, 0.05) is 18.9 Å². The molecule has 0 aromatic rings. The van der Waals surface area contributed by atoms with Crippen LogP contribution in [0.5, 0.6) is 0 Å². The highest BCUT2D eigenvalue weighted by Crippen LogP contribution is 2.12. The van der Waals surface area contributed by atoms with Gasteiger partial charge >= 0.3 is 0 Å². The van der Waals surface area contributed by atoms with Crippen LogP contribution in [-0.2, 0) is 4.79 Å². The predicted molar refractivity (Wildman–Crippen MR) is 56.6 cm³/mol. The third kappa shape index (κ3) is 5.81. The van der Waals surface area contributed by atoms with Crippen molar-refractivity contribution in [3.63, 3.8) is 0 Å². The largest absolute Gasteiger partial charge is 0.330 e. The van der Waals surface area contributed by atoms with E-state index in [1.54, 1.807) is 0 Å². The van der Waals surface area contributed by atoms with Crippen LogP contribution in [0.1, 0.15) is 52.4 Å². The summed E-state index contributed by atoms with van der Waals surface area (Å²) < 4.78 is 0. The fraction of sp³-hybridized carbons (Fsp3) is 0.909. The molecule has 2 nitrogen and oxygen atoms in total. The average Bonchev–Trinajstić information content (AvgIpc) is 2.16. The van der Waals surface area contributed by atoms with Crippen molar-refractivity contribution in [3.05, 3.63) is 0 Å². The maximum absolute atomic E-state index is 11.6. The van der Waals surface area contributed by atoms with E-state index in [9.17, 15) is 4.79 Å². The van der Waals surface area contributed by atoms with E-state index in [1.165, 1.54) is 0 Å². The van der Waals surface area contributed by atoms with E-state index >= 15 is 0 Å². The summed E-state index contributed by atoms with van der Waals surface area (Å²) in [6, 6.07) is 0. The molecule has 2 heteroatoms. The molecule has 0 rings (SSSR count). The molecule has 0 amide bonds. The van der Waals surface area contributed by atoms with Gasteiger partial charge in [0.15, 0.2) is 0 Å². The Morgan fingerprint density at radius 2 is 1.85 bits per heavy atom. The molecule has 0 radical (unpaired) electrons. The third-order valence-corrected chi connectivity index (χ3v) is 2.42. The second-order valence-corrected chi connectivity index (χ2v) is 3.64. The summed E-state index contributed by atoms with van der Waals surface area (Å²) in [6.45, 7) is 4.78. The number of carbonyl (C=O) groups excluding carboxylic acids is 1. The predicted octanol–water partition coefficient (Wildman–Crippen LogP) is 2.51. The van der Waals surface area contributed by atoms with Crippen LogP contribution >= 0.6 is 0 Å². The van der Waals surface area contributed by atoms with Gasteiger partial charge in [-0.1, -0.05) is 33.1 Å². The van der Waals surface area contributed by atoms with Gasteiger partial charge in [-0.05, 0) is 12.8 Å². The molecule has 0 saturated carbocycles. The van der Waals surface area contributed by atoms with Gasteiger partial charge in [0.05, 0.1) is 0 Å². The third-order valence-electron chi connectivity index (χ3n) is 2.42. The van der Waals surface area contributed by atoms with Crippen molar-refractivity contribution in [3.8, 4) is 0 Å². The number of unbranched alkanes of at least 4 members (excludes halogenated alkanes) is 2. The maximum atomic E-state index is 11.6. The summed E-state index contributed by atoms with van der Waals surface area (Å²) in [5, 5.41) is 0. The topological polar surface area (TPSA) is 43.1 Å². The lowest BCUT2D eigenvalue weighted by atomic mass is 9.94. The van der Waals surface area contributed by atoms with Crippen LogP contribution in [-0.4, -0.2) is 12.3 Å². The van der Waals surface area contributed by atoms with E-state index < -0.39 is 0 Å². The summed E-state index contributed by atoms with van der Waals surface area (Å²) in [5.74, 6) is 0.504. The first kappa shape index (κ1) is 12.6. The first-order chi connectivity index (χ1) is 6.26. The molecule has 2 N–H and O–H groups in total. The second kappa shape index (κ2) is 8.24. The van der Waals surface area contributed by atoms with Crippen molar-refractivity contribution >= 4 is 5.78 Å². The molecule has 0 spiro atoms. The van der Waals surface area contributed by atoms with Crippen molar-refractivity contribution in [1.82, 2.24) is 0 Å². The second-order valence-electron chi connectivity index (χ2n) is 3.64. The number of hydrogen-bond donors (Lipinski definition) is 1. The number of Topliss-reactive ketones (excluding diaryl/α,β-unsaturated/α-hetero) is 1. The lowest BCUT2D eigenvalue weighted by molar-refractivity contribution is -0.122. The molecule has 1 atom stereocenters. The van der Waals surface area contributed by atoms with E-state index in [4.69, 9.17) is 5.73 Å². The quantitative estimate of drug-likeness (QED) is 0.631. The number of carbonyl (C=O) groups is 1. The summed E-state index contributed by atoms with van der Waals surface area (Å²) in [7, 11) is 0. The molecule has 13 heavy (non-hydrogen) atoms. The average molecular weight is 185 g/mol. The Kier molecular flexibility index (Phi) is 8.00. The smallest absolute Gasteiger partial charge is 0.137 e. The molecule has 0 fully saturated rings. The van der Waals surface area contributed by atoms with Gasteiger partial charge < -0.3 is 5.73 Å². The van der Waals surface area contributed by atoms with Gasteiger partial charge in [-0.2, -0.15) is 0 Å². The number of rotatable bonds is 8. The monoisotopic (exact) mass is 185 g/mol. The Hall–Kier alpha value is -0.370. The highest BCUT2D eigenvalue weighted by atomic mass is 16.1. The molecule has 0 aliphatic carbocycles. The SMILES string of the molecule is CCCCC(=O)C(CN)CCCC. The van der Waals surface area contributed by atoms with Crippen LogP contribution in [0.25, 0.3) is 0 Å². The zero-order valence-corrected chi connectivity index (χ0v) is 9.01. The first-order valence-electron chi connectivity index (χ1n) is 5.49. The minimum atomic E-state index is 0.131. The van der Waals surface area contributed by atoms with E-state index in [0.29, 0.717) is 12.3 Å². The lowest BCUT2D eigenvalue weighted by Crippen LogP contribution is -2.23. The zero-order valence-electron chi connectivity index (χ0n) is 9.01. The van der Waals surface area contributed by atoms with Gasteiger partial charge in [0.1, 0.15) is 5.78 Å². The molecule has 78 valence electrons. The van der Waals surface area contributed by atoms with Crippen LogP contribution < -0.4 is 5.73 Å². The number of nitrogens with two attached hydrogens (primary N) is 1. The maximum Gasteiger partial charge on any atom is 0.137 e. The Labute approximate surface area is 81.9 Å². The van der Waals surface area contributed by atoms with Crippen LogP contribution in [0.2, 0.25) is 0 Å². The summed E-state index contributed by atoms with van der Waals surface area (Å²) in [6.07, 6.45) is 6.09. The van der Waals surface area contributed by atoms with Gasteiger partial charge in [0.25, 0.3) is 0 Å². The Morgan fingerprint density at radius 3 is 2.31 bits per heavy atom. The minimum Gasteiger partial charge on any atom is -0.330 e. The molecule has 0 bridgehead atoms. The lowest BCUT2D eigenvalue weighted by Gasteiger charge is -2.12. The van der Waals surface area contributed by atoms with Crippen LogP contribution in [0.15, 0.2) is 0 Å². The Balaban J connectivity index is 3.71. The highest BCUT2D eigenvalue weighted by Gasteiger charge is 2.14. The van der Waals surface area contributed by atoms with Gasteiger partial charge in [-0.3, -0.25) is 4.79 Å². The minimum absolute atomic E-state index is 0.131. The fourth-order valence-electron chi connectivity index (χ4n) is 1.42. The van der Waals surface area contributed by atoms with Crippen molar-refractivity contribution in [2.45, 2.75) is 52.4 Å². The molecule has 0 aromatic heterocycles. The Bertz CT molecular complexity index is 134. The van der Waals surface area contributed by atoms with E-state index in [2.05, 4.69) is 13.8 Å². The molecule has 0 heterocycles. The Morgan fingerprint density at radius 1 is 1.23 bits per heavy atom. The molecular formula is C11H23NO. The van der Waals surface area contributed by atoms with Gasteiger partial charge in [-0.25, -0.2) is 0 Å². The molecule has 1 unspecified atom stereocenters. The summed E-state index contributed by atoms with van der Waals surface area (Å²) in [4.78, 5) is 11.6. The van der Waals surface area contributed by atoms with Gasteiger partial charge in [-0.15, -0.1) is 0 Å². The molecular weight excluding hydrogens is 162 g/mol. The van der Waals surface area contributed by atoms with E-state index in [-0.39, 0.29) is 5.92 Å². The van der Waals surface area contributed by atoms with Crippen LogP contribution in [0.3, 0.4) is 0 Å². The molecule has 0 saturated heterocycles. The summed E-state index contributed by atoms with van der Waals surface area (Å²) >= 11 is 0. The van der Waals surface area contributed by atoms with Crippen molar-refractivity contribution in [2.24, 2.45) is 11.7 Å². The highest BCUT2D eigenvalue weighted by molar-refractivity contribution is 5.81. The van der Waals surface area contributed by atoms with Crippen molar-refractivity contribution < 1.29 is 4.79 Å². The van der Waals surface area contributed by atoms with Crippen molar-refractivity contribution in [2.75, 3.05) is 6.54 Å². The van der Waals surface area contributed by atoms with E-state index in [1.807, 2.05) is 0 Å². The number of hydrogen-bond acceptors (Lipinski definition) is 2. The fourth-order valence-corrected chi connectivity index (χ4v) is 1.42. The standard InChI is InChI=1S/C11H23NO/c1-3-5-7-10(9-12)11(13)8-6-4-2/h10H,3-9,12H2,1-2H3. The molecule has 0 aliphatic heterocycles. The normalized spacial score (nSPS) is 12.8. The van der Waals surface area contributed by atoms with Crippen LogP contribution in [0, 0.1) is 5.92 Å². The van der Waals surface area contributed by atoms with Gasteiger partial charge in [0.2, 0.25) is 0 Å².